The van der Waals surface area contributed by atoms with Crippen molar-refractivity contribution in [3.05, 3.63) is 0 Å². The summed E-state index contributed by atoms with van der Waals surface area (Å²) in [6.45, 7) is 3.28. The quantitative estimate of drug-likeness (QED) is 0.713. The lowest BCUT2D eigenvalue weighted by Crippen LogP contribution is -2.31. The highest BCUT2D eigenvalue weighted by Crippen LogP contribution is 2.45. The van der Waals surface area contributed by atoms with E-state index in [0.29, 0.717) is 5.41 Å². The summed E-state index contributed by atoms with van der Waals surface area (Å²) in [6, 6.07) is 0. The standard InChI is InChI=1S/C9H18N2.2ClH/c10-5-8-6-11-7-9(8)3-1-2-4-9;;/h8,11H,1-7,10H2;2*1H. The number of hydrogen-bond donors (Lipinski definition) is 2. The van der Waals surface area contributed by atoms with Crippen molar-refractivity contribution in [1.29, 1.82) is 0 Å². The summed E-state index contributed by atoms with van der Waals surface area (Å²) in [7, 11) is 0. The number of nitrogens with one attached hydrogen (secondary N) is 1. The van der Waals surface area contributed by atoms with Crippen LogP contribution in [0.2, 0.25) is 0 Å². The summed E-state index contributed by atoms with van der Waals surface area (Å²) in [5.41, 5.74) is 6.37. The van der Waals surface area contributed by atoms with Gasteiger partial charge in [0.05, 0.1) is 0 Å². The maximum atomic E-state index is 5.75. The Kier molecular flexibility index (Phi) is 5.61. The molecule has 2 fully saturated rings. The van der Waals surface area contributed by atoms with Crippen LogP contribution >= 0.6 is 24.8 Å². The molecule has 13 heavy (non-hydrogen) atoms. The maximum absolute atomic E-state index is 5.75. The molecule has 2 nitrogen and oxygen atoms in total. The summed E-state index contributed by atoms with van der Waals surface area (Å²) in [5.74, 6) is 0.769. The highest BCUT2D eigenvalue weighted by atomic mass is 35.5. The SMILES string of the molecule is Cl.Cl.NCC1CNCC12CCCC2. The van der Waals surface area contributed by atoms with Crippen LogP contribution in [0.25, 0.3) is 0 Å². The lowest BCUT2D eigenvalue weighted by molar-refractivity contribution is 0.239. The van der Waals surface area contributed by atoms with Gasteiger partial charge in [0.2, 0.25) is 0 Å². The minimum atomic E-state index is 0. The van der Waals surface area contributed by atoms with Crippen LogP contribution in [0.4, 0.5) is 0 Å². The molecule has 1 aliphatic heterocycles. The van der Waals surface area contributed by atoms with Gasteiger partial charge in [0.25, 0.3) is 0 Å². The molecule has 1 heterocycles. The fourth-order valence-electron chi connectivity index (χ4n) is 2.85. The van der Waals surface area contributed by atoms with E-state index in [4.69, 9.17) is 5.73 Å². The predicted molar refractivity (Wildman–Crippen MR) is 60.8 cm³/mol. The van der Waals surface area contributed by atoms with Gasteiger partial charge in [-0.25, -0.2) is 0 Å². The Balaban J connectivity index is 0.000000720. The fraction of sp³-hybridized carbons (Fsp3) is 1.00. The topological polar surface area (TPSA) is 38.0 Å². The third kappa shape index (κ3) is 2.30. The normalized spacial score (nSPS) is 29.8. The molecular formula is C9H20Cl2N2. The average Bonchev–Trinajstić information content (AvgIpc) is 2.62. The van der Waals surface area contributed by atoms with Gasteiger partial charge in [0.1, 0.15) is 0 Å². The van der Waals surface area contributed by atoms with Gasteiger partial charge >= 0.3 is 0 Å². The van der Waals surface area contributed by atoms with E-state index in [9.17, 15) is 0 Å². The van der Waals surface area contributed by atoms with Crippen LogP contribution in [-0.2, 0) is 0 Å². The summed E-state index contributed by atoms with van der Waals surface area (Å²) >= 11 is 0. The zero-order valence-corrected chi connectivity index (χ0v) is 9.55. The van der Waals surface area contributed by atoms with Crippen LogP contribution in [0, 0.1) is 11.3 Å². The van der Waals surface area contributed by atoms with Crippen LogP contribution in [0.1, 0.15) is 25.7 Å². The molecule has 3 N–H and O–H groups in total. The first-order valence-corrected chi connectivity index (χ1v) is 4.78. The van der Waals surface area contributed by atoms with Gasteiger partial charge in [-0.2, -0.15) is 0 Å². The van der Waals surface area contributed by atoms with E-state index >= 15 is 0 Å². The van der Waals surface area contributed by atoms with Crippen LogP contribution < -0.4 is 11.1 Å². The first-order valence-electron chi connectivity index (χ1n) is 4.78. The molecule has 1 aliphatic carbocycles. The predicted octanol–water partition coefficient (Wildman–Crippen LogP) is 1.57. The molecule has 0 radical (unpaired) electrons. The van der Waals surface area contributed by atoms with E-state index in [1.165, 1.54) is 32.2 Å². The van der Waals surface area contributed by atoms with E-state index in [0.717, 1.165) is 19.0 Å². The third-order valence-corrected chi connectivity index (χ3v) is 3.62. The summed E-state index contributed by atoms with van der Waals surface area (Å²) in [5, 5.41) is 3.48. The Hall–Kier alpha value is 0.500. The van der Waals surface area contributed by atoms with Gasteiger partial charge in [-0.05, 0) is 37.3 Å². The van der Waals surface area contributed by atoms with Gasteiger partial charge in [-0.1, -0.05) is 12.8 Å². The molecule has 1 unspecified atom stereocenters. The van der Waals surface area contributed by atoms with E-state index in [-0.39, 0.29) is 24.8 Å². The van der Waals surface area contributed by atoms with E-state index in [1.807, 2.05) is 0 Å². The van der Waals surface area contributed by atoms with Crippen molar-refractivity contribution in [2.75, 3.05) is 19.6 Å². The summed E-state index contributed by atoms with van der Waals surface area (Å²) in [4.78, 5) is 0. The molecule has 4 heteroatoms. The van der Waals surface area contributed by atoms with Crippen molar-refractivity contribution < 1.29 is 0 Å². The smallest absolute Gasteiger partial charge is 0.00116 e. The Morgan fingerprint density at radius 2 is 1.85 bits per heavy atom. The van der Waals surface area contributed by atoms with Crippen LogP contribution in [0.5, 0.6) is 0 Å². The van der Waals surface area contributed by atoms with E-state index in [2.05, 4.69) is 5.32 Å². The van der Waals surface area contributed by atoms with Crippen molar-refractivity contribution >= 4 is 24.8 Å². The maximum Gasteiger partial charge on any atom is 0.00116 e. The van der Waals surface area contributed by atoms with Gasteiger partial charge in [-0.15, -0.1) is 24.8 Å². The molecule has 2 aliphatic rings. The van der Waals surface area contributed by atoms with Crippen molar-refractivity contribution in [2.45, 2.75) is 25.7 Å². The van der Waals surface area contributed by atoms with Crippen molar-refractivity contribution in [3.8, 4) is 0 Å². The van der Waals surface area contributed by atoms with Crippen molar-refractivity contribution in [2.24, 2.45) is 17.1 Å². The molecule has 0 bridgehead atoms. The Labute approximate surface area is 92.8 Å². The van der Waals surface area contributed by atoms with E-state index in [1.54, 1.807) is 0 Å². The zero-order valence-electron chi connectivity index (χ0n) is 7.92. The second-order valence-corrected chi connectivity index (χ2v) is 4.13. The third-order valence-electron chi connectivity index (χ3n) is 3.62. The summed E-state index contributed by atoms with van der Waals surface area (Å²) < 4.78 is 0. The van der Waals surface area contributed by atoms with Crippen LogP contribution in [0.15, 0.2) is 0 Å². The number of rotatable bonds is 1. The molecule has 80 valence electrons. The zero-order chi connectivity index (χ0) is 7.73. The van der Waals surface area contributed by atoms with Crippen molar-refractivity contribution in [1.82, 2.24) is 5.32 Å². The highest BCUT2D eigenvalue weighted by molar-refractivity contribution is 5.85. The average molecular weight is 227 g/mol. The lowest BCUT2D eigenvalue weighted by Gasteiger charge is -2.28. The molecular weight excluding hydrogens is 207 g/mol. The lowest BCUT2D eigenvalue weighted by atomic mass is 9.77. The van der Waals surface area contributed by atoms with Gasteiger partial charge in [-0.3, -0.25) is 0 Å². The number of nitrogens with two attached hydrogens (primary N) is 1. The minimum Gasteiger partial charge on any atom is -0.330 e. The second-order valence-electron chi connectivity index (χ2n) is 4.13. The molecule has 0 aromatic heterocycles. The molecule has 0 aromatic rings. The van der Waals surface area contributed by atoms with Gasteiger partial charge < -0.3 is 11.1 Å². The Morgan fingerprint density at radius 1 is 1.23 bits per heavy atom. The Morgan fingerprint density at radius 3 is 2.38 bits per heavy atom. The van der Waals surface area contributed by atoms with Gasteiger partial charge in [0, 0.05) is 6.54 Å². The molecule has 1 saturated heterocycles. The molecule has 1 atom stereocenters. The van der Waals surface area contributed by atoms with Crippen LogP contribution in [0.3, 0.4) is 0 Å². The summed E-state index contributed by atoms with van der Waals surface area (Å²) in [6.07, 6.45) is 5.69. The molecule has 2 rings (SSSR count). The largest absolute Gasteiger partial charge is 0.330 e. The van der Waals surface area contributed by atoms with E-state index < -0.39 is 0 Å². The number of halogens is 2. The molecule has 0 aromatic carbocycles. The Bertz CT molecular complexity index is 141. The number of hydrogen-bond acceptors (Lipinski definition) is 2. The molecule has 1 saturated carbocycles. The second kappa shape index (κ2) is 5.40. The van der Waals surface area contributed by atoms with Gasteiger partial charge in [0.15, 0.2) is 0 Å². The molecule has 1 spiro atoms. The van der Waals surface area contributed by atoms with Crippen LogP contribution in [-0.4, -0.2) is 19.6 Å². The fourth-order valence-corrected chi connectivity index (χ4v) is 2.85. The monoisotopic (exact) mass is 226 g/mol. The highest BCUT2D eigenvalue weighted by Gasteiger charge is 2.43. The van der Waals surface area contributed by atoms with Crippen molar-refractivity contribution in [3.63, 3.8) is 0 Å². The molecule has 0 amide bonds. The minimum absolute atomic E-state index is 0. The first kappa shape index (κ1) is 13.5. The first-order chi connectivity index (χ1) is 5.37.